The molecule has 0 saturated carbocycles. The molecule has 1 fully saturated rings. The number of fused-ring (bicyclic) bond motifs is 1. The Bertz CT molecular complexity index is 1460. The fraction of sp³-hybridized carbons (Fsp3) is 0.360. The van der Waals surface area contributed by atoms with Crippen LogP contribution in [0.4, 0.5) is 30.8 Å². The molecule has 10 nitrogen and oxygen atoms in total. The molecule has 1 atom stereocenters. The number of imidazole rings is 1. The lowest BCUT2D eigenvalue weighted by Gasteiger charge is -2.22. The molecule has 1 saturated heterocycles. The largest absolute Gasteiger partial charge is 0.457 e. The molecule has 38 heavy (non-hydrogen) atoms. The number of halogens is 3. The van der Waals surface area contributed by atoms with Crippen molar-refractivity contribution in [2.24, 2.45) is 13.0 Å². The maximum absolute atomic E-state index is 13.7. The van der Waals surface area contributed by atoms with Crippen LogP contribution in [-0.2, 0) is 29.3 Å². The highest BCUT2D eigenvalue weighted by Crippen LogP contribution is 2.34. The molecule has 1 aliphatic rings. The van der Waals surface area contributed by atoms with E-state index in [-0.39, 0.29) is 24.2 Å². The minimum Gasteiger partial charge on any atom is -0.457 e. The molecular weight excluding hydrogens is 503 g/mol. The summed E-state index contributed by atoms with van der Waals surface area (Å²) in [6.07, 6.45) is -1.42. The Morgan fingerprint density at radius 2 is 2.00 bits per heavy atom. The lowest BCUT2D eigenvalue weighted by Crippen LogP contribution is -2.25. The third-order valence-electron chi connectivity index (χ3n) is 6.12. The van der Waals surface area contributed by atoms with E-state index in [0.29, 0.717) is 47.5 Å². The van der Waals surface area contributed by atoms with Gasteiger partial charge in [0.1, 0.15) is 23.0 Å². The molecule has 1 amide bonds. The quantitative estimate of drug-likeness (QED) is 0.343. The lowest BCUT2D eigenvalue weighted by molar-refractivity contribution is -0.144. The number of carbonyl (C=O) groups excluding carboxylic acids is 1. The van der Waals surface area contributed by atoms with Crippen LogP contribution in [0, 0.1) is 5.92 Å². The number of nitrogens with one attached hydrogen (secondary N) is 2. The van der Waals surface area contributed by atoms with Gasteiger partial charge in [0.2, 0.25) is 11.9 Å². The van der Waals surface area contributed by atoms with Crippen molar-refractivity contribution in [2.45, 2.75) is 32.5 Å². The molecule has 1 aliphatic heterocycles. The third kappa shape index (κ3) is 5.72. The molecule has 4 heterocycles. The fourth-order valence-electron chi connectivity index (χ4n) is 4.36. The molecule has 0 radical (unpaired) electrons. The van der Waals surface area contributed by atoms with Gasteiger partial charge in [-0.2, -0.15) is 18.3 Å². The number of carbonyl (C=O) groups is 1. The van der Waals surface area contributed by atoms with Crippen LogP contribution in [0.3, 0.4) is 0 Å². The normalized spacial score (nSPS) is 16.0. The summed E-state index contributed by atoms with van der Waals surface area (Å²) in [6.45, 7) is 2.56. The summed E-state index contributed by atoms with van der Waals surface area (Å²) in [5, 5.41) is 9.72. The number of hydrogen-bond acceptors (Lipinski definition) is 7. The Balaban J connectivity index is 1.37. The van der Waals surface area contributed by atoms with E-state index in [1.165, 1.54) is 13.1 Å². The Morgan fingerprint density at radius 1 is 1.18 bits per heavy atom. The first-order chi connectivity index (χ1) is 18.2. The van der Waals surface area contributed by atoms with Crippen LogP contribution >= 0.6 is 0 Å². The summed E-state index contributed by atoms with van der Waals surface area (Å²) in [7, 11) is 1.74. The number of hydrogen-bond donors (Lipinski definition) is 2. The van der Waals surface area contributed by atoms with Crippen molar-refractivity contribution in [1.82, 2.24) is 24.3 Å². The fourth-order valence-corrected chi connectivity index (χ4v) is 4.36. The maximum atomic E-state index is 13.7. The van der Waals surface area contributed by atoms with Gasteiger partial charge in [0, 0.05) is 57.4 Å². The maximum Gasteiger partial charge on any atom is 0.433 e. The van der Waals surface area contributed by atoms with E-state index in [9.17, 15) is 18.0 Å². The second-order valence-electron chi connectivity index (χ2n) is 9.11. The van der Waals surface area contributed by atoms with E-state index in [0.717, 1.165) is 23.6 Å². The SMILES string of the molecule is CC(=O)Nc1cc(Oc2ccc3nc(Nc4cc(C(F)(F)F)n(CC5CCCOC5)n4)n(C)c3c2)ccn1. The first-order valence-electron chi connectivity index (χ1n) is 12.0. The number of rotatable bonds is 7. The van der Waals surface area contributed by atoms with Crippen molar-refractivity contribution in [2.75, 3.05) is 23.8 Å². The van der Waals surface area contributed by atoms with Gasteiger partial charge >= 0.3 is 6.18 Å². The van der Waals surface area contributed by atoms with E-state index in [2.05, 4.69) is 25.7 Å². The predicted molar refractivity (Wildman–Crippen MR) is 133 cm³/mol. The van der Waals surface area contributed by atoms with Gasteiger partial charge in [-0.05, 0) is 31.0 Å². The van der Waals surface area contributed by atoms with Crippen molar-refractivity contribution in [1.29, 1.82) is 0 Å². The molecule has 4 aromatic rings. The minimum absolute atomic E-state index is 0.0264. The Labute approximate surface area is 215 Å². The van der Waals surface area contributed by atoms with Crippen LogP contribution < -0.4 is 15.4 Å². The Morgan fingerprint density at radius 3 is 2.74 bits per heavy atom. The standard InChI is InChI=1S/C25H26F3N7O3/c1-15(36)30-22-11-18(7-8-29-22)38-17-5-6-19-20(10-17)34(2)24(31-19)32-23-12-21(25(26,27)28)35(33-23)13-16-4-3-9-37-14-16/h5-8,10-12,16H,3-4,9,13-14H2,1-2H3,(H,29,30,36)(H,31,32,33). The molecule has 2 N–H and O–H groups in total. The van der Waals surface area contributed by atoms with Gasteiger partial charge in [-0.1, -0.05) is 0 Å². The average molecular weight is 530 g/mol. The molecule has 5 rings (SSSR count). The van der Waals surface area contributed by atoms with Gasteiger partial charge in [-0.15, -0.1) is 0 Å². The van der Waals surface area contributed by atoms with Crippen LogP contribution in [0.2, 0.25) is 0 Å². The van der Waals surface area contributed by atoms with Gasteiger partial charge in [-0.25, -0.2) is 9.97 Å². The molecule has 1 aromatic carbocycles. The zero-order valence-electron chi connectivity index (χ0n) is 20.7. The number of aryl methyl sites for hydroxylation is 1. The van der Waals surface area contributed by atoms with Crippen molar-refractivity contribution in [3.05, 3.63) is 48.3 Å². The topological polar surface area (TPSA) is 108 Å². The van der Waals surface area contributed by atoms with Crippen LogP contribution in [0.1, 0.15) is 25.5 Å². The van der Waals surface area contributed by atoms with Crippen LogP contribution in [-0.4, -0.2) is 43.4 Å². The predicted octanol–water partition coefficient (Wildman–Crippen LogP) is 5.10. The second-order valence-corrected chi connectivity index (χ2v) is 9.11. The summed E-state index contributed by atoms with van der Waals surface area (Å²) in [6, 6.07) is 9.47. The van der Waals surface area contributed by atoms with Gasteiger partial charge in [0.05, 0.1) is 17.6 Å². The van der Waals surface area contributed by atoms with Crippen molar-refractivity contribution in [3.63, 3.8) is 0 Å². The number of aromatic nitrogens is 5. The molecule has 0 aliphatic carbocycles. The monoisotopic (exact) mass is 529 g/mol. The molecule has 200 valence electrons. The number of nitrogens with zero attached hydrogens (tertiary/aromatic N) is 5. The Kier molecular flexibility index (Phi) is 6.93. The van der Waals surface area contributed by atoms with Crippen LogP contribution in [0.25, 0.3) is 11.0 Å². The zero-order chi connectivity index (χ0) is 26.9. The van der Waals surface area contributed by atoms with Gasteiger partial charge in [0.15, 0.2) is 5.82 Å². The molecule has 3 aromatic heterocycles. The van der Waals surface area contributed by atoms with Gasteiger partial charge < -0.3 is 24.7 Å². The highest BCUT2D eigenvalue weighted by molar-refractivity contribution is 5.87. The molecule has 0 spiro atoms. The van der Waals surface area contributed by atoms with Crippen molar-refractivity contribution >= 4 is 34.5 Å². The number of amides is 1. The van der Waals surface area contributed by atoms with Crippen molar-refractivity contribution < 1.29 is 27.4 Å². The van der Waals surface area contributed by atoms with E-state index in [4.69, 9.17) is 9.47 Å². The third-order valence-corrected chi connectivity index (χ3v) is 6.12. The van der Waals surface area contributed by atoms with Crippen molar-refractivity contribution in [3.8, 4) is 11.5 Å². The highest BCUT2D eigenvalue weighted by atomic mass is 19.4. The first-order valence-corrected chi connectivity index (χ1v) is 12.0. The van der Waals surface area contributed by atoms with E-state index >= 15 is 0 Å². The summed E-state index contributed by atoms with van der Waals surface area (Å²) < 4.78 is 55.2. The van der Waals surface area contributed by atoms with Crippen LogP contribution in [0.5, 0.6) is 11.5 Å². The molecule has 0 bridgehead atoms. The number of benzene rings is 1. The van der Waals surface area contributed by atoms with Gasteiger partial charge in [0.25, 0.3) is 0 Å². The molecule has 1 unspecified atom stereocenters. The van der Waals surface area contributed by atoms with Crippen LogP contribution in [0.15, 0.2) is 42.6 Å². The molecule has 13 heteroatoms. The summed E-state index contributed by atoms with van der Waals surface area (Å²) in [5.74, 6) is 1.43. The number of ether oxygens (including phenoxy) is 2. The lowest BCUT2D eigenvalue weighted by atomic mass is 10.0. The first kappa shape index (κ1) is 25.5. The van der Waals surface area contributed by atoms with E-state index < -0.39 is 11.9 Å². The summed E-state index contributed by atoms with van der Waals surface area (Å²) in [5.41, 5.74) is 0.484. The van der Waals surface area contributed by atoms with E-state index in [1.807, 2.05) is 0 Å². The van der Waals surface area contributed by atoms with Gasteiger partial charge in [-0.3, -0.25) is 9.48 Å². The number of alkyl halides is 3. The highest BCUT2D eigenvalue weighted by Gasteiger charge is 2.36. The molecular formula is C25H26F3N7O3. The number of anilines is 3. The smallest absolute Gasteiger partial charge is 0.433 e. The summed E-state index contributed by atoms with van der Waals surface area (Å²) >= 11 is 0. The zero-order valence-corrected chi connectivity index (χ0v) is 20.7. The van der Waals surface area contributed by atoms with E-state index in [1.54, 1.807) is 41.9 Å². The number of pyridine rings is 1. The minimum atomic E-state index is -4.55. The second kappa shape index (κ2) is 10.3. The average Bonchev–Trinajstić information content (AvgIpc) is 3.40. The summed E-state index contributed by atoms with van der Waals surface area (Å²) in [4.78, 5) is 19.9. The Hall–Kier alpha value is -4.13.